The van der Waals surface area contributed by atoms with Crippen LogP contribution in [0.4, 0.5) is 0 Å². The minimum atomic E-state index is 0.00741. The number of hydrogen-bond acceptors (Lipinski definition) is 4. The van der Waals surface area contributed by atoms with Crippen LogP contribution < -0.4 is 4.74 Å². The number of hydrogen-bond donors (Lipinski definition) is 0. The van der Waals surface area contributed by atoms with Gasteiger partial charge < -0.3 is 19.1 Å². The van der Waals surface area contributed by atoms with Crippen molar-refractivity contribution in [2.24, 2.45) is 0 Å². The summed E-state index contributed by atoms with van der Waals surface area (Å²) in [6, 6.07) is 5.42. The number of nitrogens with zero attached hydrogens (tertiary/aromatic N) is 1. The second-order valence-electron chi connectivity index (χ2n) is 5.35. The monoisotopic (exact) mass is 327 g/mol. The molecule has 2 rings (SSSR count). The SMILES string of the molecule is COC[C@@H]1C[C@H](OC)CN1C(=O)Cc1c(Cl)cccc1OC. The van der Waals surface area contributed by atoms with E-state index in [1.165, 1.54) is 0 Å². The second-order valence-corrected chi connectivity index (χ2v) is 5.75. The van der Waals surface area contributed by atoms with E-state index in [1.807, 2.05) is 11.0 Å². The van der Waals surface area contributed by atoms with Gasteiger partial charge >= 0.3 is 0 Å². The van der Waals surface area contributed by atoms with E-state index >= 15 is 0 Å². The van der Waals surface area contributed by atoms with Gasteiger partial charge in [-0.25, -0.2) is 0 Å². The Morgan fingerprint density at radius 1 is 1.36 bits per heavy atom. The minimum Gasteiger partial charge on any atom is -0.496 e. The highest BCUT2D eigenvalue weighted by Gasteiger charge is 2.35. The molecule has 122 valence electrons. The highest BCUT2D eigenvalue weighted by molar-refractivity contribution is 6.31. The fourth-order valence-corrected chi connectivity index (χ4v) is 3.09. The maximum atomic E-state index is 12.7. The van der Waals surface area contributed by atoms with E-state index in [-0.39, 0.29) is 24.5 Å². The summed E-state index contributed by atoms with van der Waals surface area (Å²) in [5, 5.41) is 0.540. The zero-order chi connectivity index (χ0) is 16.1. The first-order valence-electron chi connectivity index (χ1n) is 7.23. The van der Waals surface area contributed by atoms with Crippen molar-refractivity contribution in [2.45, 2.75) is 25.0 Å². The Hall–Kier alpha value is -1.30. The van der Waals surface area contributed by atoms with E-state index < -0.39 is 0 Å². The lowest BCUT2D eigenvalue weighted by atomic mass is 10.1. The van der Waals surface area contributed by atoms with Gasteiger partial charge in [0.05, 0.1) is 32.3 Å². The Bertz CT molecular complexity index is 523. The quantitative estimate of drug-likeness (QED) is 0.803. The van der Waals surface area contributed by atoms with E-state index in [4.69, 9.17) is 25.8 Å². The van der Waals surface area contributed by atoms with Crippen molar-refractivity contribution >= 4 is 17.5 Å². The van der Waals surface area contributed by atoms with Crippen LogP contribution in [0.15, 0.2) is 18.2 Å². The number of likely N-dealkylation sites (tertiary alicyclic amines) is 1. The minimum absolute atomic E-state index is 0.00741. The summed E-state index contributed by atoms with van der Waals surface area (Å²) in [7, 11) is 4.88. The Kier molecular flexibility index (Phi) is 6.06. The number of rotatable bonds is 6. The molecule has 5 nitrogen and oxygen atoms in total. The number of carbonyl (C=O) groups excluding carboxylic acids is 1. The van der Waals surface area contributed by atoms with Gasteiger partial charge in [-0.05, 0) is 18.6 Å². The first-order valence-corrected chi connectivity index (χ1v) is 7.61. The maximum absolute atomic E-state index is 12.7. The first-order chi connectivity index (χ1) is 10.6. The molecule has 0 radical (unpaired) electrons. The summed E-state index contributed by atoms with van der Waals surface area (Å²) in [5.74, 6) is 0.639. The van der Waals surface area contributed by atoms with Crippen LogP contribution >= 0.6 is 11.6 Å². The van der Waals surface area contributed by atoms with Crippen molar-refractivity contribution < 1.29 is 19.0 Å². The topological polar surface area (TPSA) is 48.0 Å². The third-order valence-corrected chi connectivity index (χ3v) is 4.37. The van der Waals surface area contributed by atoms with E-state index in [0.29, 0.717) is 29.5 Å². The molecule has 0 bridgehead atoms. The van der Waals surface area contributed by atoms with Crippen molar-refractivity contribution in [3.63, 3.8) is 0 Å². The van der Waals surface area contributed by atoms with Crippen molar-refractivity contribution in [1.29, 1.82) is 0 Å². The van der Waals surface area contributed by atoms with Gasteiger partial charge in [0.1, 0.15) is 5.75 Å². The molecule has 0 saturated carbocycles. The molecule has 1 aromatic carbocycles. The molecule has 1 aliphatic heterocycles. The zero-order valence-electron chi connectivity index (χ0n) is 13.2. The van der Waals surface area contributed by atoms with Gasteiger partial charge in [0.25, 0.3) is 0 Å². The van der Waals surface area contributed by atoms with E-state index in [0.717, 1.165) is 6.42 Å². The Labute approximate surface area is 136 Å². The fourth-order valence-electron chi connectivity index (χ4n) is 2.85. The molecule has 6 heteroatoms. The lowest BCUT2D eigenvalue weighted by molar-refractivity contribution is -0.132. The molecular weight excluding hydrogens is 306 g/mol. The predicted octanol–water partition coefficient (Wildman–Crippen LogP) is 2.15. The Morgan fingerprint density at radius 2 is 2.14 bits per heavy atom. The lowest BCUT2D eigenvalue weighted by Gasteiger charge is -2.24. The number of carbonyl (C=O) groups is 1. The van der Waals surface area contributed by atoms with Gasteiger partial charge in [0.15, 0.2) is 0 Å². The Balaban J connectivity index is 2.14. The predicted molar refractivity (Wildman–Crippen MR) is 84.5 cm³/mol. The van der Waals surface area contributed by atoms with Gasteiger partial charge in [-0.1, -0.05) is 17.7 Å². The average molecular weight is 328 g/mol. The molecule has 2 atom stereocenters. The molecule has 0 unspecified atom stereocenters. The van der Waals surface area contributed by atoms with Crippen molar-refractivity contribution in [3.8, 4) is 5.75 Å². The van der Waals surface area contributed by atoms with Gasteiger partial charge in [-0.2, -0.15) is 0 Å². The molecule has 1 fully saturated rings. The standard InChI is InChI=1S/C16H22ClNO4/c1-20-10-11-7-12(21-2)9-18(11)16(19)8-13-14(17)5-4-6-15(13)22-3/h4-6,11-12H,7-10H2,1-3H3/t11-,12-/m0/s1. The van der Waals surface area contributed by atoms with Gasteiger partial charge in [-0.15, -0.1) is 0 Å². The summed E-state index contributed by atoms with van der Waals surface area (Å²) in [5.41, 5.74) is 0.716. The van der Waals surface area contributed by atoms with Crippen molar-refractivity contribution in [1.82, 2.24) is 4.90 Å². The van der Waals surface area contributed by atoms with Crippen LogP contribution in [0.5, 0.6) is 5.75 Å². The largest absolute Gasteiger partial charge is 0.496 e. The molecule has 0 aromatic heterocycles. The molecule has 1 heterocycles. The zero-order valence-corrected chi connectivity index (χ0v) is 13.9. The van der Waals surface area contributed by atoms with Crippen LogP contribution in [-0.4, -0.2) is 57.4 Å². The first kappa shape index (κ1) is 17.1. The highest BCUT2D eigenvalue weighted by Crippen LogP contribution is 2.29. The van der Waals surface area contributed by atoms with Crippen LogP contribution in [0.3, 0.4) is 0 Å². The normalized spacial score (nSPS) is 21.2. The van der Waals surface area contributed by atoms with Crippen LogP contribution in [0.2, 0.25) is 5.02 Å². The van der Waals surface area contributed by atoms with Gasteiger partial charge in [-0.3, -0.25) is 4.79 Å². The van der Waals surface area contributed by atoms with Crippen LogP contribution in [0.1, 0.15) is 12.0 Å². The van der Waals surface area contributed by atoms with E-state index in [1.54, 1.807) is 33.5 Å². The molecule has 1 saturated heterocycles. The maximum Gasteiger partial charge on any atom is 0.227 e. The van der Waals surface area contributed by atoms with Gasteiger partial charge in [0, 0.05) is 31.4 Å². The van der Waals surface area contributed by atoms with Gasteiger partial charge in [0.2, 0.25) is 5.91 Å². The molecule has 0 N–H and O–H groups in total. The fraction of sp³-hybridized carbons (Fsp3) is 0.562. The molecule has 0 aliphatic carbocycles. The van der Waals surface area contributed by atoms with Crippen LogP contribution in [0.25, 0.3) is 0 Å². The lowest BCUT2D eigenvalue weighted by Crippen LogP contribution is -2.39. The third kappa shape index (κ3) is 3.72. The smallest absolute Gasteiger partial charge is 0.227 e. The number of benzene rings is 1. The Morgan fingerprint density at radius 3 is 2.77 bits per heavy atom. The van der Waals surface area contributed by atoms with E-state index in [9.17, 15) is 4.79 Å². The third-order valence-electron chi connectivity index (χ3n) is 4.01. The molecule has 0 spiro atoms. The van der Waals surface area contributed by atoms with Crippen LogP contribution in [0, 0.1) is 0 Å². The summed E-state index contributed by atoms with van der Waals surface area (Å²) < 4.78 is 15.9. The number of ether oxygens (including phenoxy) is 3. The van der Waals surface area contributed by atoms with Crippen LogP contribution in [-0.2, 0) is 20.7 Å². The number of amides is 1. The average Bonchev–Trinajstić information content (AvgIpc) is 2.93. The summed E-state index contributed by atoms with van der Waals surface area (Å²) in [6.45, 7) is 1.08. The number of methoxy groups -OCH3 is 3. The highest BCUT2D eigenvalue weighted by atomic mass is 35.5. The summed E-state index contributed by atoms with van der Waals surface area (Å²) in [6.07, 6.45) is 1.05. The summed E-state index contributed by atoms with van der Waals surface area (Å²) in [4.78, 5) is 14.5. The van der Waals surface area contributed by atoms with Crippen molar-refractivity contribution in [3.05, 3.63) is 28.8 Å². The molecule has 22 heavy (non-hydrogen) atoms. The molecule has 1 amide bonds. The molecular formula is C16H22ClNO4. The van der Waals surface area contributed by atoms with E-state index in [2.05, 4.69) is 0 Å². The summed E-state index contributed by atoms with van der Waals surface area (Å²) >= 11 is 6.21. The number of halogens is 1. The second kappa shape index (κ2) is 7.81. The molecule has 1 aromatic rings. The van der Waals surface area contributed by atoms with Crippen molar-refractivity contribution in [2.75, 3.05) is 34.5 Å². The molecule has 1 aliphatic rings.